The maximum atomic E-state index is 13.3. The molecule has 0 saturated carbocycles. The number of piperidine rings is 1. The Morgan fingerprint density at radius 2 is 1.80 bits per heavy atom. The van der Waals surface area contributed by atoms with Crippen molar-refractivity contribution in [3.8, 4) is 5.75 Å². The molecule has 0 aliphatic carbocycles. The average molecular weight is 409 g/mol. The van der Waals surface area contributed by atoms with E-state index in [1.165, 1.54) is 0 Å². The summed E-state index contributed by atoms with van der Waals surface area (Å²) in [5.41, 5.74) is 2.63. The minimum absolute atomic E-state index is 0.0335. The van der Waals surface area contributed by atoms with E-state index in [0.29, 0.717) is 19.7 Å². The molecule has 2 aromatic rings. The van der Waals surface area contributed by atoms with Gasteiger partial charge < -0.3 is 24.6 Å². The van der Waals surface area contributed by atoms with Crippen molar-refractivity contribution in [2.45, 2.75) is 32.0 Å². The number of anilines is 1. The van der Waals surface area contributed by atoms with Crippen LogP contribution in [0.15, 0.2) is 48.5 Å². The molecule has 2 amide bonds. The third-order valence-electron chi connectivity index (χ3n) is 5.78. The van der Waals surface area contributed by atoms with E-state index in [2.05, 4.69) is 5.32 Å². The molecule has 0 spiro atoms. The van der Waals surface area contributed by atoms with Gasteiger partial charge in [0.2, 0.25) is 0 Å². The molecule has 2 aromatic carbocycles. The number of hydrogen-bond acceptors (Lipinski definition) is 5. The van der Waals surface area contributed by atoms with Crippen LogP contribution in [-0.4, -0.2) is 54.6 Å². The van der Waals surface area contributed by atoms with Crippen LogP contribution in [0.1, 0.15) is 41.9 Å². The van der Waals surface area contributed by atoms with Gasteiger partial charge in [0.15, 0.2) is 0 Å². The molecule has 1 saturated heterocycles. The summed E-state index contributed by atoms with van der Waals surface area (Å²) >= 11 is 0. The first-order valence-corrected chi connectivity index (χ1v) is 10.4. The first-order valence-electron chi connectivity index (χ1n) is 10.4. The van der Waals surface area contributed by atoms with Crippen LogP contribution in [0.4, 0.5) is 10.5 Å². The molecular weight excluding hydrogens is 382 g/mol. The zero-order valence-electron chi connectivity index (χ0n) is 17.3. The molecule has 1 N–H and O–H groups in total. The SMILES string of the molecule is CCOC(=O)N1CCC(N2C(=O)c3ccccc3[C@@H]2Nc2ccc(OC)cc2)CC1. The van der Waals surface area contributed by atoms with Crippen LogP contribution in [0.5, 0.6) is 5.75 Å². The van der Waals surface area contributed by atoms with Crippen molar-refractivity contribution in [2.24, 2.45) is 0 Å². The second-order valence-electron chi connectivity index (χ2n) is 7.49. The molecule has 0 unspecified atom stereocenters. The van der Waals surface area contributed by atoms with Crippen molar-refractivity contribution in [3.05, 3.63) is 59.7 Å². The Hall–Kier alpha value is -3.22. The zero-order chi connectivity index (χ0) is 21.1. The number of fused-ring (bicyclic) bond motifs is 1. The number of carbonyl (C=O) groups is 2. The molecule has 0 aromatic heterocycles. The van der Waals surface area contributed by atoms with Crippen molar-refractivity contribution < 1.29 is 19.1 Å². The van der Waals surface area contributed by atoms with Gasteiger partial charge in [-0.25, -0.2) is 4.79 Å². The number of hydrogen-bond donors (Lipinski definition) is 1. The van der Waals surface area contributed by atoms with Gasteiger partial charge in [0, 0.05) is 35.9 Å². The van der Waals surface area contributed by atoms with Gasteiger partial charge in [0.1, 0.15) is 11.9 Å². The predicted octanol–water partition coefficient (Wildman–Crippen LogP) is 3.88. The van der Waals surface area contributed by atoms with Crippen molar-refractivity contribution in [2.75, 3.05) is 32.1 Å². The molecule has 0 bridgehead atoms. The maximum absolute atomic E-state index is 13.3. The van der Waals surface area contributed by atoms with Crippen molar-refractivity contribution in [1.29, 1.82) is 0 Å². The van der Waals surface area contributed by atoms with E-state index in [-0.39, 0.29) is 24.2 Å². The molecular formula is C23H27N3O4. The molecule has 1 atom stereocenters. The van der Waals surface area contributed by atoms with Gasteiger partial charge in [-0.05, 0) is 50.1 Å². The van der Waals surface area contributed by atoms with Crippen LogP contribution in [0.25, 0.3) is 0 Å². The van der Waals surface area contributed by atoms with Gasteiger partial charge in [0.05, 0.1) is 13.7 Å². The van der Waals surface area contributed by atoms with Gasteiger partial charge in [-0.1, -0.05) is 18.2 Å². The van der Waals surface area contributed by atoms with E-state index in [9.17, 15) is 9.59 Å². The van der Waals surface area contributed by atoms with E-state index < -0.39 is 0 Å². The largest absolute Gasteiger partial charge is 0.497 e. The van der Waals surface area contributed by atoms with Crippen molar-refractivity contribution in [1.82, 2.24) is 9.80 Å². The van der Waals surface area contributed by atoms with Crippen LogP contribution < -0.4 is 10.1 Å². The predicted molar refractivity (Wildman–Crippen MR) is 114 cm³/mol. The van der Waals surface area contributed by atoms with Crippen molar-refractivity contribution >= 4 is 17.7 Å². The summed E-state index contributed by atoms with van der Waals surface area (Å²) in [6.07, 6.45) is 0.916. The second-order valence-corrected chi connectivity index (χ2v) is 7.49. The lowest BCUT2D eigenvalue weighted by Crippen LogP contribution is -2.49. The summed E-state index contributed by atoms with van der Waals surface area (Å²) < 4.78 is 10.4. The third kappa shape index (κ3) is 3.79. The molecule has 2 aliphatic heterocycles. The maximum Gasteiger partial charge on any atom is 0.409 e. The van der Waals surface area contributed by atoms with Crippen LogP contribution in [0.3, 0.4) is 0 Å². The molecule has 0 radical (unpaired) electrons. The Morgan fingerprint density at radius 3 is 2.47 bits per heavy atom. The van der Waals surface area contributed by atoms with E-state index in [1.54, 1.807) is 18.9 Å². The molecule has 158 valence electrons. The summed E-state index contributed by atoms with van der Waals surface area (Å²) in [6.45, 7) is 3.34. The normalized spacial score (nSPS) is 18.9. The third-order valence-corrected chi connectivity index (χ3v) is 5.78. The fraction of sp³-hybridized carbons (Fsp3) is 0.391. The Morgan fingerprint density at radius 1 is 1.10 bits per heavy atom. The fourth-order valence-corrected chi connectivity index (χ4v) is 4.25. The van der Waals surface area contributed by atoms with Gasteiger partial charge >= 0.3 is 6.09 Å². The minimum Gasteiger partial charge on any atom is -0.497 e. The van der Waals surface area contributed by atoms with Crippen LogP contribution in [-0.2, 0) is 4.74 Å². The summed E-state index contributed by atoms with van der Waals surface area (Å²) in [5.74, 6) is 0.817. The quantitative estimate of drug-likeness (QED) is 0.811. The number of nitrogens with zero attached hydrogens (tertiary/aromatic N) is 2. The van der Waals surface area contributed by atoms with Gasteiger partial charge in [0.25, 0.3) is 5.91 Å². The second kappa shape index (κ2) is 8.65. The Bertz CT molecular complexity index is 907. The van der Waals surface area contributed by atoms with E-state index in [4.69, 9.17) is 9.47 Å². The highest BCUT2D eigenvalue weighted by atomic mass is 16.6. The molecule has 2 heterocycles. The summed E-state index contributed by atoms with van der Waals surface area (Å²) in [4.78, 5) is 29.0. The van der Waals surface area contributed by atoms with Gasteiger partial charge in [-0.2, -0.15) is 0 Å². The van der Waals surface area contributed by atoms with E-state index >= 15 is 0 Å². The monoisotopic (exact) mass is 409 g/mol. The van der Waals surface area contributed by atoms with E-state index in [0.717, 1.165) is 35.4 Å². The lowest BCUT2D eigenvalue weighted by molar-refractivity contribution is 0.0496. The van der Waals surface area contributed by atoms with Crippen LogP contribution >= 0.6 is 0 Å². The number of ether oxygens (including phenoxy) is 2. The van der Waals surface area contributed by atoms with Gasteiger partial charge in [-0.3, -0.25) is 4.79 Å². The summed E-state index contributed by atoms with van der Waals surface area (Å²) in [6, 6.07) is 15.5. The highest BCUT2D eigenvalue weighted by Gasteiger charge is 2.42. The topological polar surface area (TPSA) is 71.1 Å². The fourth-order valence-electron chi connectivity index (χ4n) is 4.25. The smallest absolute Gasteiger partial charge is 0.409 e. The Kier molecular flexibility index (Phi) is 5.79. The number of benzene rings is 2. The van der Waals surface area contributed by atoms with Crippen molar-refractivity contribution in [3.63, 3.8) is 0 Å². The number of likely N-dealkylation sites (tertiary alicyclic amines) is 1. The van der Waals surface area contributed by atoms with Crippen LogP contribution in [0, 0.1) is 0 Å². The van der Waals surface area contributed by atoms with Gasteiger partial charge in [-0.15, -0.1) is 0 Å². The average Bonchev–Trinajstić information content (AvgIpc) is 3.06. The molecule has 1 fully saturated rings. The molecule has 2 aliphatic rings. The summed E-state index contributed by atoms with van der Waals surface area (Å²) in [5, 5.41) is 3.52. The first-order chi connectivity index (χ1) is 14.6. The molecule has 7 heteroatoms. The number of methoxy groups -OCH3 is 1. The number of nitrogens with one attached hydrogen (secondary N) is 1. The number of amides is 2. The lowest BCUT2D eigenvalue weighted by Gasteiger charge is -2.39. The first kappa shape index (κ1) is 20.1. The molecule has 4 rings (SSSR count). The molecule has 7 nitrogen and oxygen atoms in total. The Labute approximate surface area is 176 Å². The Balaban J connectivity index is 1.55. The minimum atomic E-state index is -0.278. The van der Waals surface area contributed by atoms with Crippen LogP contribution in [0.2, 0.25) is 0 Å². The summed E-state index contributed by atoms with van der Waals surface area (Å²) in [7, 11) is 1.64. The highest BCUT2D eigenvalue weighted by Crippen LogP contribution is 2.38. The molecule has 30 heavy (non-hydrogen) atoms. The van der Waals surface area contributed by atoms with E-state index in [1.807, 2.05) is 53.4 Å². The lowest BCUT2D eigenvalue weighted by atomic mass is 10.0. The number of carbonyl (C=O) groups excluding carboxylic acids is 2. The highest BCUT2D eigenvalue weighted by molar-refractivity contribution is 5.99. The standard InChI is InChI=1S/C23H27N3O4/c1-3-30-23(28)25-14-12-17(13-15-25)26-21(19-6-4-5-7-20(19)22(26)27)24-16-8-10-18(29-2)11-9-16/h4-11,17,21,24H,3,12-15H2,1-2H3/t21-/m1/s1. The zero-order valence-corrected chi connectivity index (χ0v) is 17.3. The number of rotatable bonds is 5.